The molecule has 0 aliphatic carbocycles. The van der Waals surface area contributed by atoms with Crippen LogP contribution in [0.15, 0.2) is 24.3 Å². The molecule has 0 radical (unpaired) electrons. The van der Waals surface area contributed by atoms with Crippen molar-refractivity contribution in [2.24, 2.45) is 5.41 Å². The van der Waals surface area contributed by atoms with Gasteiger partial charge in [0, 0.05) is 33.1 Å². The van der Waals surface area contributed by atoms with Crippen LogP contribution in [0.2, 0.25) is 0 Å². The third-order valence-electron chi connectivity index (χ3n) is 5.67. The van der Waals surface area contributed by atoms with Crippen LogP contribution in [-0.2, 0) is 9.59 Å². The van der Waals surface area contributed by atoms with Crippen LogP contribution in [0, 0.1) is 5.41 Å². The maximum absolute atomic E-state index is 12.6. The number of piperidine rings is 2. The van der Waals surface area contributed by atoms with E-state index >= 15 is 0 Å². The van der Waals surface area contributed by atoms with Gasteiger partial charge in [-0.1, -0.05) is 12.1 Å². The second-order valence-corrected chi connectivity index (χ2v) is 7.25. The molecule has 1 atom stereocenters. The number of benzene rings is 1. The fraction of sp³-hybridized carbons (Fsp3) is 0.579. The molecule has 2 amide bonds. The number of hydrogen-bond acceptors (Lipinski definition) is 4. The van der Waals surface area contributed by atoms with Crippen molar-refractivity contribution in [3.63, 3.8) is 0 Å². The number of nitrogens with zero attached hydrogens (tertiary/aromatic N) is 2. The number of hydrogen-bond donors (Lipinski definition) is 1. The first-order valence-corrected chi connectivity index (χ1v) is 8.79. The van der Waals surface area contributed by atoms with Gasteiger partial charge in [0.15, 0.2) is 6.10 Å². The number of rotatable bonds is 3. The molecule has 3 rings (SSSR count). The molecular weight excluding hydrogens is 320 g/mol. The molecule has 2 aliphatic heterocycles. The summed E-state index contributed by atoms with van der Waals surface area (Å²) in [6, 6.07) is 6.92. The molecule has 6 heteroatoms. The highest BCUT2D eigenvalue weighted by Crippen LogP contribution is 2.40. The maximum Gasteiger partial charge on any atom is 0.256 e. The smallest absolute Gasteiger partial charge is 0.256 e. The van der Waals surface area contributed by atoms with Gasteiger partial charge in [0.1, 0.15) is 5.75 Å². The quantitative estimate of drug-likeness (QED) is 0.902. The summed E-state index contributed by atoms with van der Waals surface area (Å²) in [5, 5.41) is 10.4. The first-order chi connectivity index (χ1) is 11.9. The van der Waals surface area contributed by atoms with E-state index in [0.29, 0.717) is 30.8 Å². The molecule has 2 fully saturated rings. The average Bonchev–Trinajstić information content (AvgIpc) is 2.65. The van der Waals surface area contributed by atoms with Crippen LogP contribution in [0.4, 0.5) is 0 Å². The Bertz CT molecular complexity index is 635. The van der Waals surface area contributed by atoms with E-state index in [2.05, 4.69) is 0 Å². The number of aliphatic hydroxyl groups is 1. The van der Waals surface area contributed by atoms with Gasteiger partial charge in [-0.2, -0.15) is 0 Å². The number of likely N-dealkylation sites (tertiary alicyclic amines) is 2. The third-order valence-corrected chi connectivity index (χ3v) is 5.67. The Balaban J connectivity index is 1.60. The molecule has 2 saturated heterocycles. The summed E-state index contributed by atoms with van der Waals surface area (Å²) < 4.78 is 5.10. The third kappa shape index (κ3) is 3.63. The van der Waals surface area contributed by atoms with Crippen molar-refractivity contribution in [3.8, 4) is 5.75 Å². The lowest BCUT2D eigenvalue weighted by Crippen LogP contribution is -2.51. The summed E-state index contributed by atoms with van der Waals surface area (Å²) in [5.74, 6) is 0.651. The number of carbonyl (C=O) groups is 2. The minimum Gasteiger partial charge on any atom is -0.497 e. The van der Waals surface area contributed by atoms with E-state index in [-0.39, 0.29) is 17.2 Å². The minimum atomic E-state index is -1.14. The zero-order valence-corrected chi connectivity index (χ0v) is 14.9. The molecule has 1 spiro atoms. The van der Waals surface area contributed by atoms with E-state index in [1.165, 1.54) is 0 Å². The lowest BCUT2D eigenvalue weighted by molar-refractivity contribution is -0.146. The van der Waals surface area contributed by atoms with Gasteiger partial charge in [-0.25, -0.2) is 0 Å². The van der Waals surface area contributed by atoms with Crippen LogP contribution in [0.3, 0.4) is 0 Å². The molecule has 136 valence electrons. The monoisotopic (exact) mass is 346 g/mol. The molecule has 0 unspecified atom stereocenters. The van der Waals surface area contributed by atoms with Crippen LogP contribution in [0.25, 0.3) is 0 Å². The first kappa shape index (κ1) is 17.7. The lowest BCUT2D eigenvalue weighted by Gasteiger charge is -2.46. The molecule has 1 aromatic rings. The molecule has 1 N–H and O–H groups in total. The van der Waals surface area contributed by atoms with Gasteiger partial charge in [-0.3, -0.25) is 9.59 Å². The van der Waals surface area contributed by atoms with Crippen molar-refractivity contribution < 1.29 is 19.4 Å². The predicted octanol–water partition coefficient (Wildman–Crippen LogP) is 1.59. The molecule has 6 nitrogen and oxygen atoms in total. The molecule has 0 bridgehead atoms. The van der Waals surface area contributed by atoms with Gasteiger partial charge in [0.25, 0.3) is 5.91 Å². The molecule has 0 saturated carbocycles. The zero-order valence-electron chi connectivity index (χ0n) is 14.9. The van der Waals surface area contributed by atoms with Crippen molar-refractivity contribution in [3.05, 3.63) is 29.8 Å². The molecule has 25 heavy (non-hydrogen) atoms. The predicted molar refractivity (Wildman–Crippen MR) is 93.1 cm³/mol. The Morgan fingerprint density at radius 3 is 2.40 bits per heavy atom. The summed E-state index contributed by atoms with van der Waals surface area (Å²) in [5.41, 5.74) is 0.707. The van der Waals surface area contributed by atoms with Crippen molar-refractivity contribution in [1.29, 1.82) is 0 Å². The van der Waals surface area contributed by atoms with Crippen molar-refractivity contribution in [2.45, 2.75) is 31.8 Å². The van der Waals surface area contributed by atoms with E-state index in [1.54, 1.807) is 36.3 Å². The molecule has 0 aromatic heterocycles. The number of amides is 2. The Kier molecular flexibility index (Phi) is 4.99. The summed E-state index contributed by atoms with van der Waals surface area (Å²) in [7, 11) is 3.44. The zero-order chi connectivity index (χ0) is 18.0. The van der Waals surface area contributed by atoms with Gasteiger partial charge >= 0.3 is 0 Å². The minimum absolute atomic E-state index is 0.129. The first-order valence-electron chi connectivity index (χ1n) is 8.79. The van der Waals surface area contributed by atoms with Gasteiger partial charge in [0.05, 0.1) is 7.11 Å². The Morgan fingerprint density at radius 1 is 1.20 bits per heavy atom. The summed E-state index contributed by atoms with van der Waals surface area (Å²) in [4.78, 5) is 27.9. The molecule has 1 aromatic carbocycles. The Labute approximate surface area is 148 Å². The summed E-state index contributed by atoms with van der Waals surface area (Å²) in [6.45, 7) is 2.04. The second kappa shape index (κ2) is 7.04. The number of carbonyl (C=O) groups excluding carboxylic acids is 2. The molecule has 2 heterocycles. The fourth-order valence-corrected chi connectivity index (χ4v) is 3.94. The van der Waals surface area contributed by atoms with E-state index in [1.807, 2.05) is 11.9 Å². The maximum atomic E-state index is 12.6. The van der Waals surface area contributed by atoms with Gasteiger partial charge in [-0.15, -0.1) is 0 Å². The topological polar surface area (TPSA) is 70.1 Å². The second-order valence-electron chi connectivity index (χ2n) is 7.25. The highest BCUT2D eigenvalue weighted by Gasteiger charge is 2.41. The van der Waals surface area contributed by atoms with Crippen LogP contribution in [0.5, 0.6) is 5.75 Å². The van der Waals surface area contributed by atoms with Crippen LogP contribution >= 0.6 is 0 Å². The number of aliphatic hydroxyl groups excluding tert-OH is 1. The van der Waals surface area contributed by atoms with Crippen molar-refractivity contribution in [1.82, 2.24) is 9.80 Å². The average molecular weight is 346 g/mol. The van der Waals surface area contributed by atoms with E-state index in [4.69, 9.17) is 4.74 Å². The highest BCUT2D eigenvalue weighted by molar-refractivity contribution is 5.82. The summed E-state index contributed by atoms with van der Waals surface area (Å²) >= 11 is 0. The van der Waals surface area contributed by atoms with Crippen LogP contribution < -0.4 is 4.74 Å². The van der Waals surface area contributed by atoms with E-state index < -0.39 is 6.10 Å². The number of ether oxygens (including phenoxy) is 1. The molecule has 2 aliphatic rings. The standard InChI is InChI=1S/C19H26N2O4/c1-20-13-19(8-7-16(20)22)9-11-21(12-10-19)18(24)17(23)14-3-5-15(25-2)6-4-14/h3-6,17,23H,7-13H2,1-2H3/t17-/m0/s1. The fourth-order valence-electron chi connectivity index (χ4n) is 3.94. The highest BCUT2D eigenvalue weighted by atomic mass is 16.5. The Hall–Kier alpha value is -2.08. The van der Waals surface area contributed by atoms with Crippen LogP contribution in [0.1, 0.15) is 37.4 Å². The summed E-state index contributed by atoms with van der Waals surface area (Å²) in [6.07, 6.45) is 2.12. The van der Waals surface area contributed by atoms with Gasteiger partial charge < -0.3 is 19.6 Å². The van der Waals surface area contributed by atoms with Gasteiger partial charge in [-0.05, 0) is 42.4 Å². The largest absolute Gasteiger partial charge is 0.497 e. The lowest BCUT2D eigenvalue weighted by atomic mass is 9.72. The van der Waals surface area contributed by atoms with E-state index in [0.717, 1.165) is 25.8 Å². The van der Waals surface area contributed by atoms with E-state index in [9.17, 15) is 14.7 Å². The molecular formula is C19H26N2O4. The van der Waals surface area contributed by atoms with Crippen molar-refractivity contribution in [2.75, 3.05) is 33.8 Å². The SMILES string of the molecule is COc1ccc([C@H](O)C(=O)N2CCC3(CCC(=O)N(C)C3)CC2)cc1. The van der Waals surface area contributed by atoms with Gasteiger partial charge in [0.2, 0.25) is 5.91 Å². The Morgan fingerprint density at radius 2 is 1.84 bits per heavy atom. The number of methoxy groups -OCH3 is 1. The van der Waals surface area contributed by atoms with Crippen molar-refractivity contribution >= 4 is 11.8 Å². The van der Waals surface area contributed by atoms with Crippen LogP contribution in [-0.4, -0.2) is 60.5 Å². The normalized spacial score (nSPS) is 21.3.